The van der Waals surface area contributed by atoms with Crippen molar-refractivity contribution in [3.8, 4) is 39.1 Å². The first kappa shape index (κ1) is 33.1. The van der Waals surface area contributed by atoms with Crippen LogP contribution in [0.1, 0.15) is 25.0 Å². The van der Waals surface area contributed by atoms with E-state index in [1.54, 1.807) is 0 Å². The largest absolute Gasteiger partial charge is 0.309 e. The Kier molecular flexibility index (Phi) is 7.52. The molecule has 57 heavy (non-hydrogen) atoms. The van der Waals surface area contributed by atoms with E-state index >= 15 is 0 Å². The monoisotopic (exact) mass is 729 g/mol. The van der Waals surface area contributed by atoms with Crippen molar-refractivity contribution in [3.63, 3.8) is 0 Å². The third-order valence-corrected chi connectivity index (χ3v) is 12.0. The van der Waals surface area contributed by atoms with Crippen molar-refractivity contribution in [2.24, 2.45) is 0 Å². The number of fused-ring (bicyclic) bond motifs is 8. The van der Waals surface area contributed by atoms with E-state index in [0.29, 0.717) is 0 Å². The summed E-state index contributed by atoms with van der Waals surface area (Å²) in [4.78, 5) is 7.39. The average molecular weight is 730 g/mol. The fourth-order valence-corrected chi connectivity index (χ4v) is 9.19. The van der Waals surface area contributed by atoms with Crippen LogP contribution in [0.3, 0.4) is 0 Å². The Hall–Kier alpha value is -7.23. The summed E-state index contributed by atoms with van der Waals surface area (Å²) in [6.07, 6.45) is 1.99. The van der Waals surface area contributed by atoms with E-state index in [1.807, 2.05) is 12.3 Å². The maximum absolute atomic E-state index is 5.10. The number of para-hydroxylation sites is 1. The highest BCUT2D eigenvalue weighted by molar-refractivity contribution is 6.21. The van der Waals surface area contributed by atoms with Crippen LogP contribution in [0.25, 0.3) is 71.6 Å². The minimum Gasteiger partial charge on any atom is -0.309 e. The molecule has 0 N–H and O–H groups in total. The van der Waals surface area contributed by atoms with Gasteiger partial charge < -0.3 is 4.57 Å². The quantitative estimate of drug-likeness (QED) is 0.170. The summed E-state index contributed by atoms with van der Waals surface area (Å²) < 4.78 is 2.40. The fourth-order valence-electron chi connectivity index (χ4n) is 9.19. The van der Waals surface area contributed by atoms with E-state index in [0.717, 1.165) is 34.0 Å². The first-order chi connectivity index (χ1) is 28.0. The van der Waals surface area contributed by atoms with Gasteiger partial charge in [0.05, 0.1) is 11.0 Å². The predicted molar refractivity (Wildman–Crippen MR) is 239 cm³/mol. The Bertz CT molecular complexity index is 3120. The Morgan fingerprint density at radius 1 is 0.456 bits per heavy atom. The number of benzene rings is 8. The summed E-state index contributed by atoms with van der Waals surface area (Å²) in [5.41, 5.74) is 15.5. The maximum Gasteiger partial charge on any atom is 0.137 e. The van der Waals surface area contributed by atoms with Gasteiger partial charge in [-0.25, -0.2) is 4.98 Å². The number of pyridine rings is 1. The zero-order valence-corrected chi connectivity index (χ0v) is 31.9. The highest BCUT2D eigenvalue weighted by Crippen LogP contribution is 2.50. The van der Waals surface area contributed by atoms with Crippen LogP contribution in [0, 0.1) is 0 Å². The van der Waals surface area contributed by atoms with Gasteiger partial charge in [-0.15, -0.1) is 0 Å². The third kappa shape index (κ3) is 5.31. The Morgan fingerprint density at radius 2 is 1.11 bits per heavy atom. The molecule has 1 aliphatic rings. The average Bonchev–Trinajstić information content (AvgIpc) is 3.73. The number of hydrogen-bond donors (Lipinski definition) is 0. The van der Waals surface area contributed by atoms with Gasteiger partial charge in [-0.05, 0) is 116 Å². The molecule has 8 aromatic carbocycles. The molecule has 2 aromatic heterocycles. The Balaban J connectivity index is 1.04. The first-order valence-electron chi connectivity index (χ1n) is 19.7. The number of aromatic nitrogens is 2. The molecule has 0 amide bonds. The van der Waals surface area contributed by atoms with Crippen molar-refractivity contribution in [1.29, 1.82) is 0 Å². The lowest BCUT2D eigenvalue weighted by Crippen LogP contribution is -2.17. The van der Waals surface area contributed by atoms with E-state index in [4.69, 9.17) is 4.98 Å². The Morgan fingerprint density at radius 3 is 1.91 bits per heavy atom. The van der Waals surface area contributed by atoms with Crippen LogP contribution in [0.15, 0.2) is 200 Å². The van der Waals surface area contributed by atoms with Gasteiger partial charge in [0.1, 0.15) is 5.82 Å². The first-order valence-corrected chi connectivity index (χ1v) is 19.7. The maximum atomic E-state index is 5.10. The topological polar surface area (TPSA) is 21.1 Å². The van der Waals surface area contributed by atoms with Gasteiger partial charge in [-0.3, -0.25) is 4.90 Å². The van der Waals surface area contributed by atoms with Crippen LogP contribution in [0.4, 0.5) is 17.2 Å². The summed E-state index contributed by atoms with van der Waals surface area (Å²) in [6.45, 7) is 4.68. The molecule has 3 heteroatoms. The van der Waals surface area contributed by atoms with Gasteiger partial charge >= 0.3 is 0 Å². The second kappa shape index (κ2) is 12.9. The molecule has 0 unspecified atom stereocenters. The van der Waals surface area contributed by atoms with Gasteiger partial charge in [-0.1, -0.05) is 141 Å². The molecular formula is C54H39N3. The summed E-state index contributed by atoms with van der Waals surface area (Å²) in [5, 5.41) is 5.04. The van der Waals surface area contributed by atoms with Crippen LogP contribution in [0.5, 0.6) is 0 Å². The predicted octanol–water partition coefficient (Wildman–Crippen LogP) is 14.4. The van der Waals surface area contributed by atoms with Crippen molar-refractivity contribution >= 4 is 49.8 Å². The van der Waals surface area contributed by atoms with E-state index in [-0.39, 0.29) is 5.41 Å². The molecule has 0 bridgehead atoms. The van der Waals surface area contributed by atoms with Crippen LogP contribution >= 0.6 is 0 Å². The lowest BCUT2D eigenvalue weighted by atomic mass is 9.82. The van der Waals surface area contributed by atoms with E-state index in [1.165, 1.54) is 66.0 Å². The molecule has 10 aromatic rings. The summed E-state index contributed by atoms with van der Waals surface area (Å²) in [5.74, 6) is 0.873. The smallest absolute Gasteiger partial charge is 0.137 e. The number of rotatable bonds is 6. The number of hydrogen-bond acceptors (Lipinski definition) is 2. The molecule has 2 heterocycles. The van der Waals surface area contributed by atoms with Crippen LogP contribution in [-0.2, 0) is 5.41 Å². The minimum atomic E-state index is -0.115. The summed E-state index contributed by atoms with van der Waals surface area (Å²) in [6, 6.07) is 70.4. The SMILES string of the molecule is CC1(C)c2ccccc2-c2ccc(N(c3ccc(-c4ccc5c(c4)c4c6ccccc6ccc4n5-c4ccccc4)cc3)c3ccc(-c4ccccc4)cn3)cc21. The lowest BCUT2D eigenvalue weighted by Gasteiger charge is -2.27. The van der Waals surface area contributed by atoms with Crippen molar-refractivity contribution in [2.45, 2.75) is 19.3 Å². The van der Waals surface area contributed by atoms with Crippen LogP contribution < -0.4 is 4.90 Å². The van der Waals surface area contributed by atoms with Gasteiger partial charge in [0, 0.05) is 45.0 Å². The normalized spacial score (nSPS) is 12.9. The van der Waals surface area contributed by atoms with E-state index in [2.05, 4.69) is 211 Å². The van der Waals surface area contributed by atoms with Crippen molar-refractivity contribution in [2.75, 3.05) is 4.90 Å². The van der Waals surface area contributed by atoms with E-state index in [9.17, 15) is 0 Å². The molecule has 0 aliphatic heterocycles. The molecule has 1 aliphatic carbocycles. The zero-order chi connectivity index (χ0) is 38.1. The molecule has 0 saturated carbocycles. The minimum absolute atomic E-state index is 0.115. The second-order valence-electron chi connectivity index (χ2n) is 15.6. The van der Waals surface area contributed by atoms with Crippen molar-refractivity contribution in [3.05, 3.63) is 211 Å². The molecule has 270 valence electrons. The second-order valence-corrected chi connectivity index (χ2v) is 15.6. The molecule has 0 radical (unpaired) electrons. The number of nitrogens with zero attached hydrogens (tertiary/aromatic N) is 3. The lowest BCUT2D eigenvalue weighted by molar-refractivity contribution is 0.660. The van der Waals surface area contributed by atoms with Gasteiger partial charge in [0.2, 0.25) is 0 Å². The van der Waals surface area contributed by atoms with E-state index < -0.39 is 0 Å². The van der Waals surface area contributed by atoms with Crippen molar-refractivity contribution < 1.29 is 0 Å². The van der Waals surface area contributed by atoms with Gasteiger partial charge in [0.25, 0.3) is 0 Å². The standard InChI is InChI=1S/C54H39N3/c1-54(2)48-20-12-11-19-45(48)46-29-28-43(34-49(46)54)56(52-32-25-40(35-55-52)36-13-5-3-6-14-36)42-26-21-37(22-27-42)39-24-30-50-47(33-39)53-44-18-10-9-15-38(44)23-31-51(53)57(50)41-16-7-4-8-17-41/h3-35H,1-2H3. The molecule has 0 fully saturated rings. The van der Waals surface area contributed by atoms with Gasteiger partial charge in [0.15, 0.2) is 0 Å². The fraction of sp³-hybridized carbons (Fsp3) is 0.0556. The molecule has 0 spiro atoms. The third-order valence-electron chi connectivity index (χ3n) is 12.0. The highest BCUT2D eigenvalue weighted by Gasteiger charge is 2.35. The van der Waals surface area contributed by atoms with Crippen LogP contribution in [-0.4, -0.2) is 9.55 Å². The highest BCUT2D eigenvalue weighted by atomic mass is 15.2. The molecule has 0 saturated heterocycles. The Labute approximate surface area is 332 Å². The van der Waals surface area contributed by atoms with Gasteiger partial charge in [-0.2, -0.15) is 0 Å². The van der Waals surface area contributed by atoms with Crippen molar-refractivity contribution in [1.82, 2.24) is 9.55 Å². The molecule has 3 nitrogen and oxygen atoms in total. The molecule has 11 rings (SSSR count). The zero-order valence-electron chi connectivity index (χ0n) is 31.9. The summed E-state index contributed by atoms with van der Waals surface area (Å²) in [7, 11) is 0. The van der Waals surface area contributed by atoms with Crippen LogP contribution in [0.2, 0.25) is 0 Å². The summed E-state index contributed by atoms with van der Waals surface area (Å²) >= 11 is 0. The molecule has 0 atom stereocenters. The molecular weight excluding hydrogens is 691 g/mol. The number of anilines is 3.